The maximum Gasteiger partial charge on any atom is 0.191 e. The second-order valence-corrected chi connectivity index (χ2v) is 7.36. The maximum absolute atomic E-state index is 13.6. The van der Waals surface area contributed by atoms with E-state index in [4.69, 9.17) is 0 Å². The molecule has 2 atom stereocenters. The van der Waals surface area contributed by atoms with E-state index in [0.29, 0.717) is 12.1 Å². The van der Waals surface area contributed by atoms with Crippen LogP contribution in [0.3, 0.4) is 0 Å². The highest BCUT2D eigenvalue weighted by atomic mass is 127. The number of guanidine groups is 1. The molecule has 1 heterocycles. The SMILES string of the molecule is CN=C(NCCCCN1CC(C)CC(C)C1)NCc1ccccc1F.I. The number of likely N-dealkylation sites (tertiary alicyclic amines) is 1. The van der Waals surface area contributed by atoms with E-state index in [2.05, 4.69) is 34.4 Å². The van der Waals surface area contributed by atoms with Gasteiger partial charge >= 0.3 is 0 Å². The van der Waals surface area contributed by atoms with Gasteiger partial charge in [0, 0.05) is 38.8 Å². The normalized spacial score (nSPS) is 21.2. The van der Waals surface area contributed by atoms with Gasteiger partial charge in [0.2, 0.25) is 0 Å². The Labute approximate surface area is 175 Å². The number of unbranched alkanes of at least 4 members (excludes halogenated alkanes) is 1. The van der Waals surface area contributed by atoms with Crippen molar-refractivity contribution in [3.8, 4) is 0 Å². The van der Waals surface area contributed by atoms with Gasteiger partial charge in [-0.1, -0.05) is 32.0 Å². The Morgan fingerprint density at radius 1 is 1.15 bits per heavy atom. The summed E-state index contributed by atoms with van der Waals surface area (Å²) in [5.74, 6) is 2.19. The van der Waals surface area contributed by atoms with Gasteiger partial charge in [0.15, 0.2) is 5.96 Å². The lowest BCUT2D eigenvalue weighted by Gasteiger charge is -2.34. The number of hydrogen-bond acceptors (Lipinski definition) is 2. The molecule has 1 aromatic carbocycles. The topological polar surface area (TPSA) is 39.7 Å². The van der Waals surface area contributed by atoms with Gasteiger partial charge in [-0.15, -0.1) is 24.0 Å². The standard InChI is InChI=1S/C20H33FN4.HI/c1-16-12-17(2)15-25(14-16)11-7-6-10-23-20(22-3)24-13-18-8-4-5-9-19(18)21;/h4-5,8-9,16-17H,6-7,10-15H2,1-3H3,(H2,22,23,24);1H. The van der Waals surface area contributed by atoms with Crippen molar-refractivity contribution in [2.45, 2.75) is 39.7 Å². The van der Waals surface area contributed by atoms with E-state index in [1.807, 2.05) is 6.07 Å². The summed E-state index contributed by atoms with van der Waals surface area (Å²) in [5, 5.41) is 6.48. The molecule has 1 saturated heterocycles. The van der Waals surface area contributed by atoms with E-state index in [1.165, 1.54) is 38.5 Å². The highest BCUT2D eigenvalue weighted by molar-refractivity contribution is 14.0. The van der Waals surface area contributed by atoms with Crippen molar-refractivity contribution in [1.82, 2.24) is 15.5 Å². The van der Waals surface area contributed by atoms with Crippen LogP contribution in [0.2, 0.25) is 0 Å². The number of benzene rings is 1. The molecule has 4 nitrogen and oxygen atoms in total. The summed E-state index contributed by atoms with van der Waals surface area (Å²) in [5.41, 5.74) is 0.652. The fraction of sp³-hybridized carbons (Fsp3) is 0.650. The van der Waals surface area contributed by atoms with Gasteiger partial charge in [0.05, 0.1) is 0 Å². The van der Waals surface area contributed by atoms with Crippen molar-refractivity contribution in [3.05, 3.63) is 35.6 Å². The highest BCUT2D eigenvalue weighted by Crippen LogP contribution is 2.20. The highest BCUT2D eigenvalue weighted by Gasteiger charge is 2.20. The molecule has 148 valence electrons. The molecule has 0 amide bonds. The Bertz CT molecular complexity index is 542. The number of halogens is 2. The Balaban J connectivity index is 0.00000338. The van der Waals surface area contributed by atoms with Crippen molar-refractivity contribution < 1.29 is 4.39 Å². The van der Waals surface area contributed by atoms with Crippen LogP contribution in [0.5, 0.6) is 0 Å². The van der Waals surface area contributed by atoms with E-state index >= 15 is 0 Å². The molecule has 0 spiro atoms. The van der Waals surface area contributed by atoms with Gasteiger partial charge in [-0.2, -0.15) is 0 Å². The smallest absolute Gasteiger partial charge is 0.191 e. The molecule has 0 radical (unpaired) electrons. The summed E-state index contributed by atoms with van der Waals surface area (Å²) in [4.78, 5) is 6.80. The Kier molecular flexibility index (Phi) is 11.1. The van der Waals surface area contributed by atoms with E-state index in [-0.39, 0.29) is 29.8 Å². The minimum atomic E-state index is -0.185. The molecule has 1 aromatic rings. The van der Waals surface area contributed by atoms with Crippen LogP contribution in [-0.2, 0) is 6.54 Å². The number of nitrogens with one attached hydrogen (secondary N) is 2. The average molecular weight is 476 g/mol. The van der Waals surface area contributed by atoms with Crippen LogP contribution < -0.4 is 10.6 Å². The second-order valence-electron chi connectivity index (χ2n) is 7.36. The first kappa shape index (κ1) is 23.1. The molecular formula is C20H34FIN4. The lowest BCUT2D eigenvalue weighted by molar-refractivity contribution is 0.139. The van der Waals surface area contributed by atoms with Gasteiger partial charge in [-0.05, 0) is 43.7 Å². The fourth-order valence-corrected chi connectivity index (χ4v) is 3.68. The van der Waals surface area contributed by atoms with E-state index in [9.17, 15) is 4.39 Å². The largest absolute Gasteiger partial charge is 0.356 e. The zero-order valence-electron chi connectivity index (χ0n) is 16.3. The fourth-order valence-electron chi connectivity index (χ4n) is 3.68. The van der Waals surface area contributed by atoms with Gasteiger partial charge in [0.25, 0.3) is 0 Å². The minimum Gasteiger partial charge on any atom is -0.356 e. The minimum absolute atomic E-state index is 0. The summed E-state index contributed by atoms with van der Waals surface area (Å²) in [6.07, 6.45) is 3.67. The van der Waals surface area contributed by atoms with Crippen LogP contribution in [0, 0.1) is 17.7 Å². The molecular weight excluding hydrogens is 442 g/mol. The van der Waals surface area contributed by atoms with Crippen molar-refractivity contribution in [2.24, 2.45) is 16.8 Å². The Morgan fingerprint density at radius 2 is 1.85 bits per heavy atom. The van der Waals surface area contributed by atoms with Gasteiger partial charge in [-0.25, -0.2) is 4.39 Å². The molecule has 26 heavy (non-hydrogen) atoms. The van der Waals surface area contributed by atoms with E-state index in [1.54, 1.807) is 19.2 Å². The molecule has 0 aliphatic carbocycles. The number of hydrogen-bond donors (Lipinski definition) is 2. The number of aliphatic imine (C=N–C) groups is 1. The molecule has 2 rings (SSSR count). The summed E-state index contributed by atoms with van der Waals surface area (Å²) >= 11 is 0. The summed E-state index contributed by atoms with van der Waals surface area (Å²) in [6, 6.07) is 6.82. The van der Waals surface area contributed by atoms with Gasteiger partial charge in [0.1, 0.15) is 5.82 Å². The van der Waals surface area contributed by atoms with Crippen molar-refractivity contribution in [3.63, 3.8) is 0 Å². The lowest BCUT2D eigenvalue weighted by atomic mass is 9.92. The molecule has 2 N–H and O–H groups in total. The molecule has 0 saturated carbocycles. The first-order valence-electron chi connectivity index (χ1n) is 9.48. The zero-order valence-corrected chi connectivity index (χ0v) is 18.6. The molecule has 1 aliphatic rings. The number of rotatable bonds is 7. The summed E-state index contributed by atoms with van der Waals surface area (Å²) in [7, 11) is 1.74. The zero-order chi connectivity index (χ0) is 18.1. The summed E-state index contributed by atoms with van der Waals surface area (Å²) < 4.78 is 13.6. The quantitative estimate of drug-likeness (QED) is 0.272. The van der Waals surface area contributed by atoms with Crippen LogP contribution >= 0.6 is 24.0 Å². The molecule has 0 bridgehead atoms. The molecule has 6 heteroatoms. The van der Waals surface area contributed by atoms with Gasteiger partial charge in [-0.3, -0.25) is 4.99 Å². The third-order valence-electron chi connectivity index (χ3n) is 4.77. The predicted molar refractivity (Wildman–Crippen MR) is 119 cm³/mol. The van der Waals surface area contributed by atoms with E-state index in [0.717, 1.165) is 30.8 Å². The van der Waals surface area contributed by atoms with Crippen molar-refractivity contribution in [1.29, 1.82) is 0 Å². The molecule has 1 fully saturated rings. The molecule has 2 unspecified atom stereocenters. The van der Waals surface area contributed by atoms with Crippen LogP contribution in [0.15, 0.2) is 29.3 Å². The molecule has 0 aromatic heterocycles. The number of piperidine rings is 1. The van der Waals surface area contributed by atoms with Crippen LogP contribution in [0.1, 0.15) is 38.7 Å². The van der Waals surface area contributed by atoms with E-state index < -0.39 is 0 Å². The first-order chi connectivity index (χ1) is 12.1. The first-order valence-corrected chi connectivity index (χ1v) is 9.48. The second kappa shape index (κ2) is 12.5. The monoisotopic (exact) mass is 476 g/mol. The van der Waals surface area contributed by atoms with Crippen LogP contribution in [-0.4, -0.2) is 44.1 Å². The van der Waals surface area contributed by atoms with Crippen molar-refractivity contribution in [2.75, 3.05) is 33.2 Å². The third-order valence-corrected chi connectivity index (χ3v) is 4.77. The third kappa shape index (κ3) is 8.20. The van der Waals surface area contributed by atoms with Crippen molar-refractivity contribution >= 4 is 29.9 Å². The van der Waals surface area contributed by atoms with Crippen LogP contribution in [0.25, 0.3) is 0 Å². The molecule has 1 aliphatic heterocycles. The lowest BCUT2D eigenvalue weighted by Crippen LogP contribution is -2.40. The average Bonchev–Trinajstić information content (AvgIpc) is 2.58. The maximum atomic E-state index is 13.6. The Morgan fingerprint density at radius 3 is 2.50 bits per heavy atom. The summed E-state index contributed by atoms with van der Waals surface area (Å²) in [6.45, 7) is 9.70. The number of nitrogens with zero attached hydrogens (tertiary/aromatic N) is 2. The van der Waals surface area contributed by atoms with Gasteiger partial charge < -0.3 is 15.5 Å². The Hall–Kier alpha value is -0.890. The predicted octanol–water partition coefficient (Wildman–Crippen LogP) is 3.87. The van der Waals surface area contributed by atoms with Crippen LogP contribution in [0.4, 0.5) is 4.39 Å².